The molecule has 0 aliphatic carbocycles. The zero-order valence-corrected chi connectivity index (χ0v) is 15.0. The Hall–Kier alpha value is -2.74. The molecule has 0 spiro atoms. The van der Waals surface area contributed by atoms with E-state index in [4.69, 9.17) is 4.74 Å². The SMILES string of the molecule is CC(OC(=O)CCCNC(=O)c1ccsc1)C(=O)Nc1cccc(F)c1. The van der Waals surface area contributed by atoms with Gasteiger partial charge in [-0.15, -0.1) is 0 Å². The number of halogens is 1. The summed E-state index contributed by atoms with van der Waals surface area (Å²) in [7, 11) is 0. The van der Waals surface area contributed by atoms with Crippen LogP contribution >= 0.6 is 11.3 Å². The van der Waals surface area contributed by atoms with Crippen molar-refractivity contribution in [3.63, 3.8) is 0 Å². The van der Waals surface area contributed by atoms with Crippen molar-refractivity contribution in [1.29, 1.82) is 0 Å². The molecule has 0 saturated heterocycles. The van der Waals surface area contributed by atoms with Gasteiger partial charge in [-0.2, -0.15) is 11.3 Å². The minimum Gasteiger partial charge on any atom is -0.453 e. The van der Waals surface area contributed by atoms with Gasteiger partial charge in [-0.25, -0.2) is 4.39 Å². The number of anilines is 1. The number of carbonyl (C=O) groups is 3. The molecule has 0 aliphatic rings. The first-order valence-electron chi connectivity index (χ1n) is 8.02. The highest BCUT2D eigenvalue weighted by Gasteiger charge is 2.18. The highest BCUT2D eigenvalue weighted by Crippen LogP contribution is 2.10. The summed E-state index contributed by atoms with van der Waals surface area (Å²) >= 11 is 1.43. The Morgan fingerprint density at radius 1 is 1.27 bits per heavy atom. The zero-order chi connectivity index (χ0) is 18.9. The topological polar surface area (TPSA) is 84.5 Å². The third kappa shape index (κ3) is 6.29. The van der Waals surface area contributed by atoms with E-state index in [1.165, 1.54) is 42.5 Å². The molecule has 1 atom stereocenters. The molecule has 6 nitrogen and oxygen atoms in total. The Balaban J connectivity index is 1.66. The first-order valence-corrected chi connectivity index (χ1v) is 8.96. The van der Waals surface area contributed by atoms with Crippen molar-refractivity contribution >= 4 is 34.8 Å². The fraction of sp³-hybridized carbons (Fsp3) is 0.278. The van der Waals surface area contributed by atoms with Crippen molar-refractivity contribution in [3.8, 4) is 0 Å². The van der Waals surface area contributed by atoms with Gasteiger partial charge < -0.3 is 15.4 Å². The van der Waals surface area contributed by atoms with E-state index >= 15 is 0 Å². The molecule has 138 valence electrons. The maximum Gasteiger partial charge on any atom is 0.306 e. The molecule has 2 aromatic rings. The van der Waals surface area contributed by atoms with Gasteiger partial charge in [0.15, 0.2) is 6.10 Å². The first kappa shape index (κ1) is 19.6. The Morgan fingerprint density at radius 3 is 2.77 bits per heavy atom. The number of esters is 1. The van der Waals surface area contributed by atoms with Gasteiger partial charge in [0.1, 0.15) is 5.82 Å². The molecule has 26 heavy (non-hydrogen) atoms. The summed E-state index contributed by atoms with van der Waals surface area (Å²) in [6, 6.07) is 7.14. The number of amides is 2. The molecule has 1 aromatic heterocycles. The first-order chi connectivity index (χ1) is 12.5. The summed E-state index contributed by atoms with van der Waals surface area (Å²) in [6.45, 7) is 1.76. The van der Waals surface area contributed by atoms with Crippen molar-refractivity contribution < 1.29 is 23.5 Å². The molecule has 2 N–H and O–H groups in total. The summed E-state index contributed by atoms with van der Waals surface area (Å²) in [6.07, 6.45) is -0.541. The molecule has 0 bridgehead atoms. The number of benzene rings is 1. The number of carbonyl (C=O) groups excluding carboxylic acids is 3. The van der Waals surface area contributed by atoms with Crippen LogP contribution in [0.3, 0.4) is 0 Å². The molecule has 2 rings (SSSR count). The number of rotatable bonds is 8. The Bertz CT molecular complexity index is 764. The van der Waals surface area contributed by atoms with Gasteiger partial charge >= 0.3 is 5.97 Å². The van der Waals surface area contributed by atoms with Crippen LogP contribution in [0.25, 0.3) is 0 Å². The van der Waals surface area contributed by atoms with Crippen molar-refractivity contribution in [1.82, 2.24) is 5.32 Å². The van der Waals surface area contributed by atoms with Crippen LogP contribution in [-0.2, 0) is 14.3 Å². The van der Waals surface area contributed by atoms with Crippen LogP contribution in [0.2, 0.25) is 0 Å². The molecule has 0 aliphatic heterocycles. The average molecular weight is 378 g/mol. The molecule has 1 heterocycles. The quantitative estimate of drug-likeness (QED) is 0.546. The molecule has 2 amide bonds. The summed E-state index contributed by atoms with van der Waals surface area (Å²) in [5, 5.41) is 8.72. The van der Waals surface area contributed by atoms with Crippen LogP contribution in [0, 0.1) is 5.82 Å². The lowest BCUT2D eigenvalue weighted by Gasteiger charge is -2.13. The Labute approximate surface area is 154 Å². The standard InChI is InChI=1S/C18H19FN2O4S/c1-12(17(23)21-15-5-2-4-14(19)10-15)25-16(22)6-3-8-20-18(24)13-7-9-26-11-13/h2,4-5,7,9-12H,3,6,8H2,1H3,(H,20,24)(H,21,23). The summed E-state index contributed by atoms with van der Waals surface area (Å²) in [5.74, 6) is -1.76. The van der Waals surface area contributed by atoms with E-state index in [9.17, 15) is 18.8 Å². The molecular weight excluding hydrogens is 359 g/mol. The van der Waals surface area contributed by atoms with E-state index in [2.05, 4.69) is 10.6 Å². The van der Waals surface area contributed by atoms with Gasteiger partial charge in [-0.3, -0.25) is 14.4 Å². The van der Waals surface area contributed by atoms with Crippen LogP contribution in [0.4, 0.5) is 10.1 Å². The van der Waals surface area contributed by atoms with Crippen LogP contribution in [0.15, 0.2) is 41.1 Å². The predicted molar refractivity (Wildman–Crippen MR) is 96.5 cm³/mol. The van der Waals surface area contributed by atoms with Crippen LogP contribution in [0.1, 0.15) is 30.1 Å². The Kier molecular flexibility index (Phi) is 7.28. The molecule has 1 aromatic carbocycles. The second kappa shape index (κ2) is 9.67. The van der Waals surface area contributed by atoms with Crippen molar-refractivity contribution in [2.45, 2.75) is 25.9 Å². The minimum absolute atomic E-state index is 0.0709. The molecular formula is C18H19FN2O4S. The molecule has 0 radical (unpaired) electrons. The minimum atomic E-state index is -1.01. The van der Waals surface area contributed by atoms with Gasteiger partial charge in [0.2, 0.25) is 0 Å². The number of hydrogen-bond donors (Lipinski definition) is 2. The smallest absolute Gasteiger partial charge is 0.306 e. The maximum atomic E-state index is 13.1. The largest absolute Gasteiger partial charge is 0.453 e. The summed E-state index contributed by atoms with van der Waals surface area (Å²) in [4.78, 5) is 35.4. The predicted octanol–water partition coefficient (Wildman–Crippen LogP) is 2.97. The van der Waals surface area contributed by atoms with E-state index in [1.54, 1.807) is 11.4 Å². The van der Waals surface area contributed by atoms with Gasteiger partial charge in [0, 0.05) is 29.6 Å². The van der Waals surface area contributed by atoms with Crippen LogP contribution < -0.4 is 10.6 Å². The lowest BCUT2D eigenvalue weighted by Crippen LogP contribution is -2.30. The van der Waals surface area contributed by atoms with Gasteiger partial charge in [0.25, 0.3) is 11.8 Å². The highest BCUT2D eigenvalue weighted by molar-refractivity contribution is 7.08. The van der Waals surface area contributed by atoms with Crippen LogP contribution in [0.5, 0.6) is 0 Å². The van der Waals surface area contributed by atoms with E-state index in [0.717, 1.165) is 0 Å². The molecule has 1 unspecified atom stereocenters. The number of thiophene rings is 1. The van der Waals surface area contributed by atoms with Crippen LogP contribution in [-0.4, -0.2) is 30.4 Å². The summed E-state index contributed by atoms with van der Waals surface area (Å²) in [5.41, 5.74) is 0.870. The summed E-state index contributed by atoms with van der Waals surface area (Å²) < 4.78 is 18.1. The van der Waals surface area contributed by atoms with Crippen molar-refractivity contribution in [2.24, 2.45) is 0 Å². The molecule has 8 heteroatoms. The van der Waals surface area contributed by atoms with Gasteiger partial charge in [-0.1, -0.05) is 6.07 Å². The number of nitrogens with one attached hydrogen (secondary N) is 2. The lowest BCUT2D eigenvalue weighted by molar-refractivity contribution is -0.153. The van der Waals surface area contributed by atoms with Crippen molar-refractivity contribution in [2.75, 3.05) is 11.9 Å². The Morgan fingerprint density at radius 2 is 2.08 bits per heavy atom. The fourth-order valence-corrected chi connectivity index (χ4v) is 2.69. The monoisotopic (exact) mass is 378 g/mol. The highest BCUT2D eigenvalue weighted by atomic mass is 32.1. The fourth-order valence-electron chi connectivity index (χ4n) is 2.05. The molecule has 0 fully saturated rings. The van der Waals surface area contributed by atoms with Gasteiger partial charge in [-0.05, 0) is 43.0 Å². The lowest BCUT2D eigenvalue weighted by atomic mass is 10.2. The van der Waals surface area contributed by atoms with E-state index < -0.39 is 23.8 Å². The third-order valence-electron chi connectivity index (χ3n) is 3.40. The third-order valence-corrected chi connectivity index (χ3v) is 4.08. The van der Waals surface area contributed by atoms with E-state index in [-0.39, 0.29) is 18.0 Å². The maximum absolute atomic E-state index is 13.1. The zero-order valence-electron chi connectivity index (χ0n) is 14.2. The average Bonchev–Trinajstić information content (AvgIpc) is 3.13. The second-order valence-corrected chi connectivity index (χ2v) is 6.28. The van der Waals surface area contributed by atoms with Crippen molar-refractivity contribution in [3.05, 3.63) is 52.5 Å². The normalized spacial score (nSPS) is 11.5. The second-order valence-electron chi connectivity index (χ2n) is 5.50. The van der Waals surface area contributed by atoms with E-state index in [0.29, 0.717) is 18.5 Å². The van der Waals surface area contributed by atoms with E-state index in [1.807, 2.05) is 5.38 Å². The number of ether oxygens (including phenoxy) is 1. The number of hydrogen-bond acceptors (Lipinski definition) is 5. The molecule has 0 saturated carbocycles. The van der Waals surface area contributed by atoms with Gasteiger partial charge in [0.05, 0.1) is 0 Å².